The van der Waals surface area contributed by atoms with Crippen molar-refractivity contribution in [2.75, 3.05) is 26.2 Å². The Hall–Kier alpha value is -0.520. The van der Waals surface area contributed by atoms with Crippen LogP contribution in [0.4, 0.5) is 4.79 Å². The minimum absolute atomic E-state index is 0. The fourth-order valence-corrected chi connectivity index (χ4v) is 0.418. The second-order valence-corrected chi connectivity index (χ2v) is 1.69. The van der Waals surface area contributed by atoms with Gasteiger partial charge in [-0.05, 0) is 0 Å². The Balaban J connectivity index is 0. The molecule has 0 fully saturated rings. The number of carbonyl (C=O) groups is 1. The molecule has 0 saturated heterocycles. The van der Waals surface area contributed by atoms with Crippen LogP contribution in [-0.4, -0.2) is 37.4 Å². The van der Waals surface area contributed by atoms with Gasteiger partial charge in [-0.25, -0.2) is 4.79 Å². The van der Waals surface area contributed by atoms with E-state index in [0.717, 1.165) is 0 Å². The zero-order chi connectivity index (χ0) is 7.82. The standard InChI is InChI=1S/C5H13N3O2.ClH/c6-1-2-7-5(10)8-3-4-9;/h9H,1-4,6H2,(H2,7,8,10);1H. The highest BCUT2D eigenvalue weighted by Gasteiger charge is 1.94. The fourth-order valence-electron chi connectivity index (χ4n) is 0.418. The van der Waals surface area contributed by atoms with E-state index in [-0.39, 0.29) is 31.6 Å². The van der Waals surface area contributed by atoms with Gasteiger partial charge in [-0.3, -0.25) is 0 Å². The van der Waals surface area contributed by atoms with Gasteiger partial charge < -0.3 is 21.5 Å². The van der Waals surface area contributed by atoms with Gasteiger partial charge >= 0.3 is 6.03 Å². The van der Waals surface area contributed by atoms with Gasteiger partial charge in [-0.2, -0.15) is 0 Å². The highest BCUT2D eigenvalue weighted by molar-refractivity contribution is 5.85. The largest absolute Gasteiger partial charge is 0.395 e. The Morgan fingerprint density at radius 3 is 2.36 bits per heavy atom. The summed E-state index contributed by atoms with van der Waals surface area (Å²) in [6, 6.07) is -0.292. The zero-order valence-electron chi connectivity index (χ0n) is 6.17. The first-order valence-corrected chi connectivity index (χ1v) is 3.14. The number of halogens is 1. The molecule has 0 spiro atoms. The quantitative estimate of drug-likeness (QED) is 0.435. The van der Waals surface area contributed by atoms with E-state index in [0.29, 0.717) is 13.1 Å². The summed E-state index contributed by atoms with van der Waals surface area (Å²) in [5.41, 5.74) is 5.11. The van der Waals surface area contributed by atoms with Crippen LogP contribution in [0, 0.1) is 0 Å². The van der Waals surface area contributed by atoms with Gasteiger partial charge in [0.25, 0.3) is 0 Å². The number of aliphatic hydroxyl groups excluding tert-OH is 1. The molecule has 0 aromatic heterocycles. The first-order chi connectivity index (χ1) is 4.81. The summed E-state index contributed by atoms with van der Waals surface area (Å²) in [5, 5.41) is 13.2. The predicted octanol–water partition coefficient (Wildman–Crippen LogP) is -1.34. The van der Waals surface area contributed by atoms with Gasteiger partial charge in [-0.15, -0.1) is 12.4 Å². The Morgan fingerprint density at radius 1 is 1.36 bits per heavy atom. The molecule has 68 valence electrons. The number of amides is 2. The monoisotopic (exact) mass is 183 g/mol. The van der Waals surface area contributed by atoms with Gasteiger partial charge in [0.05, 0.1) is 6.61 Å². The van der Waals surface area contributed by atoms with Crippen LogP contribution in [0.2, 0.25) is 0 Å². The van der Waals surface area contributed by atoms with Gasteiger partial charge in [0, 0.05) is 19.6 Å². The number of carbonyl (C=O) groups excluding carboxylic acids is 1. The van der Waals surface area contributed by atoms with Crippen molar-refractivity contribution in [2.24, 2.45) is 5.73 Å². The summed E-state index contributed by atoms with van der Waals surface area (Å²) in [6.07, 6.45) is 0. The molecule has 5 N–H and O–H groups in total. The number of rotatable bonds is 4. The highest BCUT2D eigenvalue weighted by Crippen LogP contribution is 1.61. The number of nitrogens with two attached hydrogens (primary N) is 1. The van der Waals surface area contributed by atoms with E-state index >= 15 is 0 Å². The average Bonchev–Trinajstić information content (AvgIpc) is 1.97. The summed E-state index contributed by atoms with van der Waals surface area (Å²) in [6.45, 7) is 1.11. The topological polar surface area (TPSA) is 87.4 Å². The second kappa shape index (κ2) is 9.48. The van der Waals surface area contributed by atoms with Crippen LogP contribution in [0.1, 0.15) is 0 Å². The third kappa shape index (κ3) is 9.48. The molecular weight excluding hydrogens is 170 g/mol. The van der Waals surface area contributed by atoms with Gasteiger partial charge in [0.15, 0.2) is 0 Å². The predicted molar refractivity (Wildman–Crippen MR) is 44.8 cm³/mol. The Kier molecular flexibility index (Phi) is 11.3. The first kappa shape index (κ1) is 13.1. The van der Waals surface area contributed by atoms with Gasteiger partial charge in [0.2, 0.25) is 0 Å². The number of aliphatic hydroxyl groups is 1. The van der Waals surface area contributed by atoms with E-state index in [4.69, 9.17) is 10.8 Å². The van der Waals surface area contributed by atoms with Gasteiger partial charge in [0.1, 0.15) is 0 Å². The summed E-state index contributed by atoms with van der Waals surface area (Å²) < 4.78 is 0. The fraction of sp³-hybridized carbons (Fsp3) is 0.800. The maximum atomic E-state index is 10.6. The van der Waals surface area contributed by atoms with E-state index in [9.17, 15) is 4.79 Å². The molecule has 0 aliphatic rings. The SMILES string of the molecule is Cl.NCCNC(=O)NCCO. The lowest BCUT2D eigenvalue weighted by atomic mass is 10.6. The molecule has 0 heterocycles. The molecular formula is C5H14ClN3O2. The Bertz CT molecular complexity index is 91.7. The molecule has 0 aromatic carbocycles. The van der Waals surface area contributed by atoms with Crippen molar-refractivity contribution in [1.29, 1.82) is 0 Å². The van der Waals surface area contributed by atoms with Crippen molar-refractivity contribution in [3.63, 3.8) is 0 Å². The molecule has 5 nitrogen and oxygen atoms in total. The lowest BCUT2D eigenvalue weighted by Crippen LogP contribution is -2.39. The molecule has 0 radical (unpaired) electrons. The lowest BCUT2D eigenvalue weighted by molar-refractivity contribution is 0.234. The van der Waals surface area contributed by atoms with Crippen molar-refractivity contribution in [2.45, 2.75) is 0 Å². The Labute approximate surface area is 71.7 Å². The van der Waals surface area contributed by atoms with E-state index in [1.54, 1.807) is 0 Å². The van der Waals surface area contributed by atoms with E-state index in [2.05, 4.69) is 10.6 Å². The van der Waals surface area contributed by atoms with Crippen LogP contribution in [0.5, 0.6) is 0 Å². The normalized spacial score (nSPS) is 8.18. The van der Waals surface area contributed by atoms with Crippen LogP contribution < -0.4 is 16.4 Å². The smallest absolute Gasteiger partial charge is 0.314 e. The van der Waals surface area contributed by atoms with Crippen molar-refractivity contribution in [1.82, 2.24) is 10.6 Å². The number of hydrogen-bond donors (Lipinski definition) is 4. The van der Waals surface area contributed by atoms with Crippen molar-refractivity contribution in [3.05, 3.63) is 0 Å². The van der Waals surface area contributed by atoms with Crippen LogP contribution in [0.15, 0.2) is 0 Å². The molecule has 0 atom stereocenters. The van der Waals surface area contributed by atoms with E-state index in [1.807, 2.05) is 0 Å². The average molecular weight is 184 g/mol. The molecule has 6 heteroatoms. The maximum absolute atomic E-state index is 10.6. The zero-order valence-corrected chi connectivity index (χ0v) is 6.99. The lowest BCUT2D eigenvalue weighted by Gasteiger charge is -2.03. The summed E-state index contributed by atoms with van der Waals surface area (Å²) in [4.78, 5) is 10.6. The van der Waals surface area contributed by atoms with Crippen LogP contribution in [0.3, 0.4) is 0 Å². The second-order valence-electron chi connectivity index (χ2n) is 1.69. The minimum atomic E-state index is -0.292. The molecule has 2 amide bonds. The summed E-state index contributed by atoms with van der Waals surface area (Å²) in [5.74, 6) is 0. The van der Waals surface area contributed by atoms with Crippen molar-refractivity contribution < 1.29 is 9.90 Å². The summed E-state index contributed by atoms with van der Waals surface area (Å²) in [7, 11) is 0. The maximum Gasteiger partial charge on any atom is 0.314 e. The van der Waals surface area contributed by atoms with E-state index < -0.39 is 0 Å². The van der Waals surface area contributed by atoms with Crippen molar-refractivity contribution >= 4 is 18.4 Å². The molecule has 0 aliphatic carbocycles. The molecule has 0 aliphatic heterocycles. The molecule has 0 saturated carbocycles. The third-order valence-electron chi connectivity index (χ3n) is 0.827. The molecule has 0 rings (SSSR count). The van der Waals surface area contributed by atoms with Gasteiger partial charge in [-0.1, -0.05) is 0 Å². The third-order valence-corrected chi connectivity index (χ3v) is 0.827. The van der Waals surface area contributed by atoms with Crippen molar-refractivity contribution in [3.8, 4) is 0 Å². The van der Waals surface area contributed by atoms with E-state index in [1.165, 1.54) is 0 Å². The number of nitrogens with one attached hydrogen (secondary N) is 2. The molecule has 0 unspecified atom stereocenters. The van der Waals surface area contributed by atoms with Crippen LogP contribution >= 0.6 is 12.4 Å². The summed E-state index contributed by atoms with van der Waals surface area (Å²) >= 11 is 0. The minimum Gasteiger partial charge on any atom is -0.395 e. The van der Waals surface area contributed by atoms with Crippen LogP contribution in [0.25, 0.3) is 0 Å². The number of hydrogen-bond acceptors (Lipinski definition) is 3. The van der Waals surface area contributed by atoms with Crippen LogP contribution in [-0.2, 0) is 0 Å². The highest BCUT2D eigenvalue weighted by atomic mass is 35.5. The number of urea groups is 1. The molecule has 0 aromatic rings. The molecule has 0 bridgehead atoms. The Morgan fingerprint density at radius 2 is 1.91 bits per heavy atom. The molecule has 11 heavy (non-hydrogen) atoms. The first-order valence-electron chi connectivity index (χ1n) is 3.14.